The maximum atomic E-state index is 13.0. The van der Waals surface area contributed by atoms with Gasteiger partial charge in [-0.05, 0) is 38.7 Å². The van der Waals surface area contributed by atoms with Crippen molar-refractivity contribution in [2.24, 2.45) is 0 Å². The molecule has 1 aliphatic heterocycles. The van der Waals surface area contributed by atoms with Crippen LogP contribution in [0.2, 0.25) is 0 Å². The number of piperidine rings is 1. The van der Waals surface area contributed by atoms with Gasteiger partial charge in [0.1, 0.15) is 12.1 Å². The molecule has 1 aromatic carbocycles. The molecule has 1 heterocycles. The van der Waals surface area contributed by atoms with E-state index in [1.54, 1.807) is 6.92 Å². The zero-order valence-corrected chi connectivity index (χ0v) is 15.9. The number of likely N-dealkylation sites (tertiary alicyclic amines) is 1. The van der Waals surface area contributed by atoms with E-state index < -0.39 is 12.1 Å². The summed E-state index contributed by atoms with van der Waals surface area (Å²) in [5, 5.41) is 15.5. The molecule has 0 bridgehead atoms. The Morgan fingerprint density at radius 2 is 1.73 bits per heavy atom. The molecule has 3 atom stereocenters. The maximum absolute atomic E-state index is 13.0. The quantitative estimate of drug-likeness (QED) is 0.689. The molecule has 26 heavy (non-hydrogen) atoms. The molecular formula is C20H31N3O3. The zero-order chi connectivity index (χ0) is 19.1. The lowest BCUT2D eigenvalue weighted by Gasteiger charge is -2.36. The molecular weight excluding hydrogens is 330 g/mol. The van der Waals surface area contributed by atoms with Crippen LogP contribution in [0.1, 0.15) is 51.6 Å². The minimum Gasteiger partial charge on any atom is -0.393 e. The van der Waals surface area contributed by atoms with Crippen LogP contribution in [0, 0.1) is 0 Å². The molecule has 1 aromatic rings. The summed E-state index contributed by atoms with van der Waals surface area (Å²) in [6.45, 7) is 6.96. The van der Waals surface area contributed by atoms with Crippen LogP contribution in [0.3, 0.4) is 0 Å². The van der Waals surface area contributed by atoms with Gasteiger partial charge in [-0.25, -0.2) is 0 Å². The number of carbonyl (C=O) groups is 2. The Kier molecular flexibility index (Phi) is 7.60. The summed E-state index contributed by atoms with van der Waals surface area (Å²) >= 11 is 0. The highest BCUT2D eigenvalue weighted by molar-refractivity contribution is 5.90. The standard InChI is InChI=1S/C20H31N3O3/c1-4-14(2)21-19(25)15(3)22-20(26)18(16-8-6-5-7-9-16)23-12-10-17(24)11-13-23/h5-9,14-15,17-18,24H,4,10-13H2,1-3H3,(H,21,25)(H,22,26). The highest BCUT2D eigenvalue weighted by atomic mass is 16.3. The van der Waals surface area contributed by atoms with Crippen LogP contribution in [0.25, 0.3) is 0 Å². The molecule has 0 aliphatic carbocycles. The molecule has 1 fully saturated rings. The van der Waals surface area contributed by atoms with Gasteiger partial charge in [-0.1, -0.05) is 37.3 Å². The molecule has 0 spiro atoms. The van der Waals surface area contributed by atoms with Gasteiger partial charge in [0.15, 0.2) is 0 Å². The smallest absolute Gasteiger partial charge is 0.242 e. The van der Waals surface area contributed by atoms with Crippen molar-refractivity contribution in [3.8, 4) is 0 Å². The van der Waals surface area contributed by atoms with Crippen LogP contribution in [0.15, 0.2) is 30.3 Å². The Labute approximate surface area is 156 Å². The minimum absolute atomic E-state index is 0.0790. The Balaban J connectivity index is 2.09. The molecule has 2 amide bonds. The summed E-state index contributed by atoms with van der Waals surface area (Å²) < 4.78 is 0. The number of carbonyl (C=O) groups excluding carboxylic acids is 2. The van der Waals surface area contributed by atoms with Gasteiger partial charge in [0.05, 0.1) is 6.10 Å². The second-order valence-electron chi connectivity index (χ2n) is 7.13. The van der Waals surface area contributed by atoms with Crippen LogP contribution in [0.4, 0.5) is 0 Å². The maximum Gasteiger partial charge on any atom is 0.242 e. The summed E-state index contributed by atoms with van der Waals surface area (Å²) in [7, 11) is 0. The van der Waals surface area contributed by atoms with E-state index in [4.69, 9.17) is 0 Å². The number of aliphatic hydroxyl groups is 1. The van der Waals surface area contributed by atoms with Gasteiger partial charge < -0.3 is 15.7 Å². The molecule has 0 saturated carbocycles. The molecule has 1 saturated heterocycles. The van der Waals surface area contributed by atoms with Gasteiger partial charge in [0.25, 0.3) is 0 Å². The van der Waals surface area contributed by atoms with E-state index in [0.29, 0.717) is 25.9 Å². The molecule has 6 heteroatoms. The Morgan fingerprint density at radius 3 is 2.31 bits per heavy atom. The summed E-state index contributed by atoms with van der Waals surface area (Å²) in [5.74, 6) is -0.354. The SMILES string of the molecule is CCC(C)NC(=O)C(C)NC(=O)C(c1ccccc1)N1CCC(O)CC1. The third-order valence-electron chi connectivity index (χ3n) is 4.98. The highest BCUT2D eigenvalue weighted by Gasteiger charge is 2.32. The number of nitrogens with one attached hydrogen (secondary N) is 2. The van der Waals surface area contributed by atoms with Crippen molar-refractivity contribution < 1.29 is 14.7 Å². The van der Waals surface area contributed by atoms with Crippen LogP contribution >= 0.6 is 0 Å². The Morgan fingerprint density at radius 1 is 1.12 bits per heavy atom. The van der Waals surface area contributed by atoms with Crippen LogP contribution in [-0.4, -0.2) is 53.1 Å². The first-order chi connectivity index (χ1) is 12.4. The molecule has 1 aliphatic rings. The fourth-order valence-electron chi connectivity index (χ4n) is 3.14. The van der Waals surface area contributed by atoms with Crippen molar-refractivity contribution in [1.29, 1.82) is 0 Å². The van der Waals surface area contributed by atoms with E-state index in [1.807, 2.05) is 44.2 Å². The van der Waals surface area contributed by atoms with Gasteiger partial charge in [0.2, 0.25) is 11.8 Å². The number of nitrogens with zero attached hydrogens (tertiary/aromatic N) is 1. The summed E-state index contributed by atoms with van der Waals surface area (Å²) in [4.78, 5) is 27.3. The van der Waals surface area contributed by atoms with Crippen LogP contribution in [-0.2, 0) is 9.59 Å². The fourth-order valence-corrected chi connectivity index (χ4v) is 3.14. The normalized spacial score (nSPS) is 19.4. The second kappa shape index (κ2) is 9.69. The molecule has 3 N–H and O–H groups in total. The summed E-state index contributed by atoms with van der Waals surface area (Å²) in [6.07, 6.45) is 1.85. The number of hydrogen-bond donors (Lipinski definition) is 3. The summed E-state index contributed by atoms with van der Waals surface area (Å²) in [5.41, 5.74) is 0.899. The molecule has 0 aromatic heterocycles. The lowest BCUT2D eigenvalue weighted by molar-refractivity contribution is -0.132. The first-order valence-corrected chi connectivity index (χ1v) is 9.50. The van der Waals surface area contributed by atoms with Gasteiger partial charge >= 0.3 is 0 Å². The number of rotatable bonds is 7. The average Bonchev–Trinajstić information content (AvgIpc) is 2.64. The largest absolute Gasteiger partial charge is 0.393 e. The number of hydrogen-bond acceptors (Lipinski definition) is 4. The first-order valence-electron chi connectivity index (χ1n) is 9.50. The van der Waals surface area contributed by atoms with E-state index in [0.717, 1.165) is 12.0 Å². The van der Waals surface area contributed by atoms with Crippen LogP contribution < -0.4 is 10.6 Å². The predicted octanol–water partition coefficient (Wildman–Crippen LogP) is 1.60. The fraction of sp³-hybridized carbons (Fsp3) is 0.600. The van der Waals surface area contributed by atoms with Gasteiger partial charge in [0, 0.05) is 19.1 Å². The van der Waals surface area contributed by atoms with E-state index in [2.05, 4.69) is 15.5 Å². The monoisotopic (exact) mass is 361 g/mol. The van der Waals surface area contributed by atoms with E-state index in [1.165, 1.54) is 0 Å². The van der Waals surface area contributed by atoms with Gasteiger partial charge in [-0.3, -0.25) is 14.5 Å². The van der Waals surface area contributed by atoms with Gasteiger partial charge in [-0.2, -0.15) is 0 Å². The third kappa shape index (κ3) is 5.54. The molecule has 2 rings (SSSR count). The van der Waals surface area contributed by atoms with E-state index in [-0.39, 0.29) is 24.0 Å². The van der Waals surface area contributed by atoms with E-state index in [9.17, 15) is 14.7 Å². The van der Waals surface area contributed by atoms with Crippen molar-refractivity contribution in [2.75, 3.05) is 13.1 Å². The second-order valence-corrected chi connectivity index (χ2v) is 7.13. The van der Waals surface area contributed by atoms with Crippen molar-refractivity contribution in [2.45, 2.75) is 64.3 Å². The number of aliphatic hydroxyl groups excluding tert-OH is 1. The third-order valence-corrected chi connectivity index (χ3v) is 4.98. The highest BCUT2D eigenvalue weighted by Crippen LogP contribution is 2.25. The molecule has 0 radical (unpaired) electrons. The Bertz CT molecular complexity index is 585. The first kappa shape index (κ1) is 20.4. The average molecular weight is 361 g/mol. The topological polar surface area (TPSA) is 81.7 Å². The van der Waals surface area contributed by atoms with Crippen molar-refractivity contribution in [1.82, 2.24) is 15.5 Å². The minimum atomic E-state index is -0.599. The predicted molar refractivity (Wildman–Crippen MR) is 101 cm³/mol. The van der Waals surface area contributed by atoms with Crippen molar-refractivity contribution in [3.63, 3.8) is 0 Å². The van der Waals surface area contributed by atoms with Gasteiger partial charge in [-0.15, -0.1) is 0 Å². The molecule has 3 unspecified atom stereocenters. The van der Waals surface area contributed by atoms with E-state index >= 15 is 0 Å². The van der Waals surface area contributed by atoms with Crippen molar-refractivity contribution in [3.05, 3.63) is 35.9 Å². The Hall–Kier alpha value is -1.92. The molecule has 6 nitrogen and oxygen atoms in total. The summed E-state index contributed by atoms with van der Waals surface area (Å²) in [6, 6.07) is 8.62. The zero-order valence-electron chi connectivity index (χ0n) is 15.9. The van der Waals surface area contributed by atoms with Crippen LogP contribution in [0.5, 0.6) is 0 Å². The number of amides is 2. The molecule has 144 valence electrons. The lowest BCUT2D eigenvalue weighted by atomic mass is 9.99. The van der Waals surface area contributed by atoms with Crippen molar-refractivity contribution >= 4 is 11.8 Å². The number of benzene rings is 1. The lowest BCUT2D eigenvalue weighted by Crippen LogP contribution is -2.51.